The third-order valence-corrected chi connectivity index (χ3v) is 5.31. The number of amides is 2. The van der Waals surface area contributed by atoms with Crippen LogP contribution in [0.5, 0.6) is 5.75 Å². The van der Waals surface area contributed by atoms with E-state index >= 15 is 0 Å². The zero-order chi connectivity index (χ0) is 21.1. The Balaban J connectivity index is 1.44. The number of furan rings is 1. The number of imide groups is 1. The first-order valence-corrected chi connectivity index (χ1v) is 9.98. The molecule has 3 aromatic rings. The number of aryl methyl sites for hydroxylation is 1. The summed E-state index contributed by atoms with van der Waals surface area (Å²) in [5.74, 6) is -0.452. The van der Waals surface area contributed by atoms with Crippen LogP contribution in [0, 0.1) is 6.92 Å². The highest BCUT2D eigenvalue weighted by Gasteiger charge is 2.34. The number of rotatable bonds is 5. The molecule has 2 amide bonds. The maximum atomic E-state index is 12.7. The van der Waals surface area contributed by atoms with Gasteiger partial charge in [0.2, 0.25) is 5.76 Å². The Morgan fingerprint density at radius 1 is 1.10 bits per heavy atom. The first kappa shape index (κ1) is 19.7. The summed E-state index contributed by atoms with van der Waals surface area (Å²) in [6.07, 6.45) is 3.05. The summed E-state index contributed by atoms with van der Waals surface area (Å²) < 4.78 is 10.2. The molecule has 1 aliphatic heterocycles. The lowest BCUT2D eigenvalue weighted by molar-refractivity contribution is -0.123. The van der Waals surface area contributed by atoms with Crippen molar-refractivity contribution in [1.82, 2.24) is 4.90 Å². The molecule has 0 radical (unpaired) electrons. The van der Waals surface area contributed by atoms with Gasteiger partial charge in [-0.05, 0) is 60.2 Å². The average molecular weight is 419 g/mol. The minimum atomic E-state index is -0.593. The van der Waals surface area contributed by atoms with Gasteiger partial charge in [0.25, 0.3) is 11.1 Å². The molecule has 0 N–H and O–H groups in total. The lowest BCUT2D eigenvalue weighted by Gasteiger charge is -2.12. The van der Waals surface area contributed by atoms with Gasteiger partial charge in [0.05, 0.1) is 17.7 Å². The smallest absolute Gasteiger partial charge is 0.379 e. The molecule has 0 saturated carbocycles. The van der Waals surface area contributed by atoms with Crippen LogP contribution in [0.1, 0.15) is 27.2 Å². The summed E-state index contributed by atoms with van der Waals surface area (Å²) in [4.78, 5) is 38.5. The van der Waals surface area contributed by atoms with Crippen molar-refractivity contribution < 1.29 is 23.5 Å². The lowest BCUT2D eigenvalue weighted by atomic mass is 10.1. The van der Waals surface area contributed by atoms with Crippen molar-refractivity contribution in [2.24, 2.45) is 0 Å². The molecule has 150 valence electrons. The fraction of sp³-hybridized carbons (Fsp3) is 0.0870. The fourth-order valence-electron chi connectivity index (χ4n) is 2.96. The molecule has 0 atom stereocenters. The summed E-state index contributed by atoms with van der Waals surface area (Å²) in [5, 5.41) is -0.295. The van der Waals surface area contributed by atoms with Crippen molar-refractivity contribution >= 4 is 35.0 Å². The molecular weight excluding hydrogens is 402 g/mol. The number of hydrogen-bond acceptors (Lipinski definition) is 6. The van der Waals surface area contributed by atoms with Gasteiger partial charge in [-0.25, -0.2) is 4.79 Å². The molecule has 0 bridgehead atoms. The Hall–Kier alpha value is -3.58. The maximum absolute atomic E-state index is 12.7. The largest absolute Gasteiger partial charge is 0.457 e. The molecule has 1 aliphatic rings. The lowest BCUT2D eigenvalue weighted by Crippen LogP contribution is -2.27. The molecule has 6 nitrogen and oxygen atoms in total. The van der Waals surface area contributed by atoms with Gasteiger partial charge in [-0.1, -0.05) is 42.0 Å². The van der Waals surface area contributed by atoms with Crippen LogP contribution in [0.2, 0.25) is 0 Å². The van der Waals surface area contributed by atoms with Crippen molar-refractivity contribution in [3.63, 3.8) is 0 Å². The number of carbonyl (C=O) groups excluding carboxylic acids is 3. The van der Waals surface area contributed by atoms with Gasteiger partial charge >= 0.3 is 5.97 Å². The molecule has 4 rings (SSSR count). The first-order chi connectivity index (χ1) is 14.5. The predicted molar refractivity (Wildman–Crippen MR) is 113 cm³/mol. The monoisotopic (exact) mass is 419 g/mol. The van der Waals surface area contributed by atoms with E-state index in [4.69, 9.17) is 9.15 Å². The van der Waals surface area contributed by atoms with Gasteiger partial charge in [0.15, 0.2) is 0 Å². The van der Waals surface area contributed by atoms with Gasteiger partial charge < -0.3 is 9.15 Å². The highest BCUT2D eigenvalue weighted by atomic mass is 32.2. The van der Waals surface area contributed by atoms with Gasteiger partial charge in [-0.3, -0.25) is 14.5 Å². The number of hydrogen-bond donors (Lipinski definition) is 0. The van der Waals surface area contributed by atoms with Crippen molar-refractivity contribution in [2.45, 2.75) is 13.5 Å². The zero-order valence-electron chi connectivity index (χ0n) is 16.0. The van der Waals surface area contributed by atoms with Gasteiger partial charge in [-0.2, -0.15) is 0 Å². The van der Waals surface area contributed by atoms with E-state index in [9.17, 15) is 14.4 Å². The van der Waals surface area contributed by atoms with Crippen molar-refractivity contribution in [3.8, 4) is 5.75 Å². The summed E-state index contributed by atoms with van der Waals surface area (Å²) in [7, 11) is 0. The topological polar surface area (TPSA) is 76.8 Å². The second kappa shape index (κ2) is 8.42. The van der Waals surface area contributed by atoms with Gasteiger partial charge in [-0.15, -0.1) is 0 Å². The number of ether oxygens (including phenoxy) is 1. The van der Waals surface area contributed by atoms with Crippen molar-refractivity contribution in [3.05, 3.63) is 94.3 Å². The highest BCUT2D eigenvalue weighted by Crippen LogP contribution is 2.33. The standard InChI is InChI=1S/C23H17NO5S/c1-15-4-2-5-17(12-15)14-24-21(25)20(30-23(24)27)13-16-7-9-18(10-8-16)29-22(26)19-6-3-11-28-19/h2-13H,14H2,1H3/b20-13-. The molecule has 1 aromatic heterocycles. The molecule has 2 aromatic carbocycles. The number of thioether (sulfide) groups is 1. The van der Waals surface area contributed by atoms with E-state index in [1.165, 1.54) is 17.2 Å². The van der Waals surface area contributed by atoms with Crippen molar-refractivity contribution in [1.29, 1.82) is 0 Å². The van der Waals surface area contributed by atoms with Crippen LogP contribution in [0.3, 0.4) is 0 Å². The van der Waals surface area contributed by atoms with Gasteiger partial charge in [0.1, 0.15) is 5.75 Å². The van der Waals surface area contributed by atoms with Crippen LogP contribution >= 0.6 is 11.8 Å². The molecule has 1 fully saturated rings. The first-order valence-electron chi connectivity index (χ1n) is 9.16. The minimum absolute atomic E-state index is 0.112. The Labute approximate surface area is 177 Å². The number of carbonyl (C=O) groups is 3. The molecule has 0 aliphatic carbocycles. The third kappa shape index (κ3) is 4.36. The number of nitrogens with zero attached hydrogens (tertiary/aromatic N) is 1. The Morgan fingerprint density at radius 2 is 1.90 bits per heavy atom. The van der Waals surface area contributed by atoms with Crippen LogP contribution < -0.4 is 4.74 Å². The predicted octanol–water partition coefficient (Wildman–Crippen LogP) is 5.04. The van der Waals surface area contributed by atoms with E-state index in [1.54, 1.807) is 36.4 Å². The summed E-state index contributed by atoms with van der Waals surface area (Å²) in [6.45, 7) is 2.21. The summed E-state index contributed by atoms with van der Waals surface area (Å²) in [6, 6.07) is 17.5. The molecule has 30 heavy (non-hydrogen) atoms. The van der Waals surface area contributed by atoms with E-state index in [-0.39, 0.29) is 23.5 Å². The second-order valence-corrected chi connectivity index (χ2v) is 7.69. The number of esters is 1. The highest BCUT2D eigenvalue weighted by molar-refractivity contribution is 8.18. The van der Waals surface area contributed by atoms with Crippen LogP contribution in [0.4, 0.5) is 4.79 Å². The van der Waals surface area contributed by atoms with Crippen molar-refractivity contribution in [2.75, 3.05) is 0 Å². The van der Waals surface area contributed by atoms with E-state index in [0.717, 1.165) is 22.9 Å². The average Bonchev–Trinajstić information content (AvgIpc) is 3.35. The Kier molecular flexibility index (Phi) is 5.54. The van der Waals surface area contributed by atoms with Crippen LogP contribution in [0.15, 0.2) is 76.2 Å². The summed E-state index contributed by atoms with van der Waals surface area (Å²) in [5.41, 5.74) is 2.69. The second-order valence-electron chi connectivity index (χ2n) is 6.69. The molecular formula is C23H17NO5S. The van der Waals surface area contributed by atoms with E-state index < -0.39 is 5.97 Å². The van der Waals surface area contributed by atoms with E-state index in [1.807, 2.05) is 31.2 Å². The third-order valence-electron chi connectivity index (χ3n) is 4.41. The molecule has 2 heterocycles. The Bertz CT molecular complexity index is 1130. The van der Waals surface area contributed by atoms with Gasteiger partial charge in [0, 0.05) is 0 Å². The van der Waals surface area contributed by atoms with E-state index in [0.29, 0.717) is 16.2 Å². The Morgan fingerprint density at radius 3 is 2.60 bits per heavy atom. The quantitative estimate of drug-likeness (QED) is 0.327. The molecule has 7 heteroatoms. The minimum Gasteiger partial charge on any atom is -0.457 e. The maximum Gasteiger partial charge on any atom is 0.379 e. The van der Waals surface area contributed by atoms with Crippen LogP contribution in [0.25, 0.3) is 6.08 Å². The molecule has 0 spiro atoms. The van der Waals surface area contributed by atoms with Crippen LogP contribution in [-0.2, 0) is 11.3 Å². The van der Waals surface area contributed by atoms with Crippen LogP contribution in [-0.4, -0.2) is 22.0 Å². The molecule has 0 unspecified atom stereocenters. The number of benzene rings is 2. The fourth-order valence-corrected chi connectivity index (χ4v) is 3.80. The van der Waals surface area contributed by atoms with E-state index in [2.05, 4.69) is 0 Å². The SMILES string of the molecule is Cc1cccc(CN2C(=O)S/C(=C\c3ccc(OC(=O)c4ccco4)cc3)C2=O)c1. The summed E-state index contributed by atoms with van der Waals surface area (Å²) >= 11 is 0.914. The normalized spacial score (nSPS) is 15.1. The molecule has 1 saturated heterocycles. The zero-order valence-corrected chi connectivity index (χ0v) is 16.8.